The lowest BCUT2D eigenvalue weighted by atomic mass is 10.1. The van der Waals surface area contributed by atoms with Gasteiger partial charge in [-0.1, -0.05) is 0 Å². The van der Waals surface area contributed by atoms with Gasteiger partial charge in [0.1, 0.15) is 0 Å². The summed E-state index contributed by atoms with van der Waals surface area (Å²) in [5.41, 5.74) is 3.44. The van der Waals surface area contributed by atoms with E-state index in [-0.39, 0.29) is 0 Å². The molecule has 0 amide bonds. The summed E-state index contributed by atoms with van der Waals surface area (Å²) in [6, 6.07) is 11.4. The van der Waals surface area contributed by atoms with Crippen LogP contribution in [0.2, 0.25) is 0 Å². The van der Waals surface area contributed by atoms with Crippen molar-refractivity contribution in [3.05, 3.63) is 47.7 Å². The molecule has 18 heavy (non-hydrogen) atoms. The van der Waals surface area contributed by atoms with Gasteiger partial charge in [-0.3, -0.25) is 0 Å². The maximum absolute atomic E-state index is 8.86. The lowest BCUT2D eigenvalue weighted by molar-refractivity contribution is 0.398. The molecular formula is C14H13N3O. The number of nitrogens with zero attached hydrogens (tertiary/aromatic N) is 2. The van der Waals surface area contributed by atoms with Crippen LogP contribution in [0.25, 0.3) is 0 Å². The molecule has 0 atom stereocenters. The quantitative estimate of drug-likeness (QED) is 0.894. The molecule has 2 rings (SSSR count). The Kier molecular flexibility index (Phi) is 3.44. The normalized spacial score (nSPS) is 9.61. The summed E-state index contributed by atoms with van der Waals surface area (Å²) in [5.74, 6) is 0.580. The van der Waals surface area contributed by atoms with Crippen LogP contribution in [-0.4, -0.2) is 12.1 Å². The molecular weight excluding hydrogens is 226 g/mol. The number of ether oxygens (including phenoxy) is 1. The average molecular weight is 239 g/mol. The van der Waals surface area contributed by atoms with Gasteiger partial charge in [0, 0.05) is 11.8 Å². The first-order chi connectivity index (χ1) is 8.72. The SMILES string of the molecule is COc1ccc(Nc2ccc(C#N)c(C)c2)cn1. The van der Waals surface area contributed by atoms with Gasteiger partial charge in [-0.15, -0.1) is 0 Å². The maximum atomic E-state index is 8.86. The molecule has 0 unspecified atom stereocenters. The predicted octanol–water partition coefficient (Wildman–Crippen LogP) is 3.01. The van der Waals surface area contributed by atoms with Crippen molar-refractivity contribution in [3.8, 4) is 11.9 Å². The molecule has 4 nitrogen and oxygen atoms in total. The number of benzene rings is 1. The second kappa shape index (κ2) is 5.19. The molecule has 2 aromatic rings. The Morgan fingerprint density at radius 3 is 2.56 bits per heavy atom. The molecule has 90 valence electrons. The van der Waals surface area contributed by atoms with Crippen LogP contribution >= 0.6 is 0 Å². The summed E-state index contributed by atoms with van der Waals surface area (Å²) in [7, 11) is 1.58. The van der Waals surface area contributed by atoms with Crippen LogP contribution in [0.4, 0.5) is 11.4 Å². The average Bonchev–Trinajstić information content (AvgIpc) is 2.40. The first kappa shape index (κ1) is 11.9. The summed E-state index contributed by atoms with van der Waals surface area (Å²) in [4.78, 5) is 4.11. The van der Waals surface area contributed by atoms with Crippen molar-refractivity contribution in [2.24, 2.45) is 0 Å². The van der Waals surface area contributed by atoms with Crippen LogP contribution in [-0.2, 0) is 0 Å². The highest BCUT2D eigenvalue weighted by Gasteiger charge is 2.00. The highest BCUT2D eigenvalue weighted by molar-refractivity contribution is 5.61. The zero-order chi connectivity index (χ0) is 13.0. The zero-order valence-electron chi connectivity index (χ0n) is 10.3. The van der Waals surface area contributed by atoms with Gasteiger partial charge in [0.2, 0.25) is 5.88 Å². The highest BCUT2D eigenvalue weighted by Crippen LogP contribution is 2.20. The van der Waals surface area contributed by atoms with Crippen molar-refractivity contribution in [2.75, 3.05) is 12.4 Å². The number of aryl methyl sites for hydroxylation is 1. The number of nitrogens with one attached hydrogen (secondary N) is 1. The van der Waals surface area contributed by atoms with Gasteiger partial charge in [-0.25, -0.2) is 4.98 Å². The zero-order valence-corrected chi connectivity index (χ0v) is 10.3. The van der Waals surface area contributed by atoms with Crippen LogP contribution in [0, 0.1) is 18.3 Å². The Morgan fingerprint density at radius 1 is 1.22 bits per heavy atom. The van der Waals surface area contributed by atoms with Crippen molar-refractivity contribution in [1.29, 1.82) is 5.26 Å². The predicted molar refractivity (Wildman–Crippen MR) is 70.0 cm³/mol. The Labute approximate surface area is 106 Å². The Bertz CT molecular complexity index is 585. The van der Waals surface area contributed by atoms with Crippen LogP contribution in [0.5, 0.6) is 5.88 Å². The minimum absolute atomic E-state index is 0.580. The van der Waals surface area contributed by atoms with Crippen molar-refractivity contribution in [3.63, 3.8) is 0 Å². The van der Waals surface area contributed by atoms with Crippen molar-refractivity contribution in [2.45, 2.75) is 6.92 Å². The molecule has 0 spiro atoms. The minimum atomic E-state index is 0.580. The van der Waals surface area contributed by atoms with Gasteiger partial charge < -0.3 is 10.1 Å². The van der Waals surface area contributed by atoms with Gasteiger partial charge in [0.15, 0.2) is 0 Å². The van der Waals surface area contributed by atoms with Crippen LogP contribution in [0.1, 0.15) is 11.1 Å². The third-order valence-electron chi connectivity index (χ3n) is 2.58. The summed E-state index contributed by atoms with van der Waals surface area (Å²) in [5, 5.41) is 12.1. The smallest absolute Gasteiger partial charge is 0.213 e. The molecule has 4 heteroatoms. The Hall–Kier alpha value is -2.54. The Morgan fingerprint density at radius 2 is 2.00 bits per heavy atom. The lowest BCUT2D eigenvalue weighted by Crippen LogP contribution is -1.94. The van der Waals surface area contributed by atoms with Crippen molar-refractivity contribution < 1.29 is 4.74 Å². The monoisotopic (exact) mass is 239 g/mol. The van der Waals surface area contributed by atoms with Gasteiger partial charge in [-0.05, 0) is 36.8 Å². The van der Waals surface area contributed by atoms with Gasteiger partial charge in [0.25, 0.3) is 0 Å². The van der Waals surface area contributed by atoms with Crippen molar-refractivity contribution >= 4 is 11.4 Å². The number of rotatable bonds is 3. The van der Waals surface area contributed by atoms with E-state index in [1.165, 1.54) is 0 Å². The molecule has 0 bridgehead atoms. The van der Waals surface area contributed by atoms with Crippen LogP contribution in [0.3, 0.4) is 0 Å². The van der Waals surface area contributed by atoms with Gasteiger partial charge in [0.05, 0.1) is 30.6 Å². The number of pyridine rings is 1. The largest absolute Gasteiger partial charge is 0.481 e. The van der Waals surface area contributed by atoms with E-state index in [4.69, 9.17) is 10.00 Å². The number of aromatic nitrogens is 1. The van der Waals surface area contributed by atoms with Crippen LogP contribution < -0.4 is 10.1 Å². The number of hydrogen-bond acceptors (Lipinski definition) is 4. The molecule has 0 saturated carbocycles. The van der Waals surface area contributed by atoms with E-state index >= 15 is 0 Å². The third kappa shape index (κ3) is 2.58. The van der Waals surface area contributed by atoms with E-state index in [0.717, 1.165) is 16.9 Å². The molecule has 0 fully saturated rings. The molecule has 1 aromatic heterocycles. The Balaban J connectivity index is 2.18. The molecule has 1 aromatic carbocycles. The fraction of sp³-hybridized carbons (Fsp3) is 0.143. The second-order valence-corrected chi connectivity index (χ2v) is 3.86. The summed E-state index contributed by atoms with van der Waals surface area (Å²) >= 11 is 0. The lowest BCUT2D eigenvalue weighted by Gasteiger charge is -2.08. The molecule has 1 N–H and O–H groups in total. The molecule has 1 heterocycles. The summed E-state index contributed by atoms with van der Waals surface area (Å²) in [6.07, 6.45) is 1.70. The fourth-order valence-corrected chi connectivity index (χ4v) is 1.61. The van der Waals surface area contributed by atoms with E-state index in [9.17, 15) is 0 Å². The van der Waals surface area contributed by atoms with Gasteiger partial charge >= 0.3 is 0 Å². The molecule has 0 saturated heterocycles. The minimum Gasteiger partial charge on any atom is -0.481 e. The first-order valence-corrected chi connectivity index (χ1v) is 5.51. The third-order valence-corrected chi connectivity index (χ3v) is 2.58. The van der Waals surface area contributed by atoms with E-state index in [0.29, 0.717) is 11.4 Å². The second-order valence-electron chi connectivity index (χ2n) is 3.86. The highest BCUT2D eigenvalue weighted by atomic mass is 16.5. The summed E-state index contributed by atoms with van der Waals surface area (Å²) < 4.78 is 4.99. The fourth-order valence-electron chi connectivity index (χ4n) is 1.61. The maximum Gasteiger partial charge on any atom is 0.213 e. The molecule has 0 aliphatic carbocycles. The standard InChI is InChI=1S/C14H13N3O/c1-10-7-12(4-3-11(10)8-15)17-13-5-6-14(18-2)16-9-13/h3-7,9,17H,1-2H3. The number of hydrogen-bond donors (Lipinski definition) is 1. The van der Waals surface area contributed by atoms with Gasteiger partial charge in [-0.2, -0.15) is 5.26 Å². The van der Waals surface area contributed by atoms with Crippen molar-refractivity contribution in [1.82, 2.24) is 4.98 Å². The van der Waals surface area contributed by atoms with E-state index in [1.54, 1.807) is 25.4 Å². The van der Waals surface area contributed by atoms with E-state index in [1.807, 2.05) is 25.1 Å². The topological polar surface area (TPSA) is 57.9 Å². The molecule has 0 radical (unpaired) electrons. The summed E-state index contributed by atoms with van der Waals surface area (Å²) in [6.45, 7) is 1.91. The number of anilines is 2. The van der Waals surface area contributed by atoms with E-state index in [2.05, 4.69) is 16.4 Å². The molecule has 0 aliphatic heterocycles. The first-order valence-electron chi connectivity index (χ1n) is 5.51. The van der Waals surface area contributed by atoms with Crippen LogP contribution in [0.15, 0.2) is 36.5 Å². The molecule has 0 aliphatic rings. The van der Waals surface area contributed by atoms with E-state index < -0.39 is 0 Å². The number of nitriles is 1. The number of methoxy groups -OCH3 is 1.